The predicted molar refractivity (Wildman–Crippen MR) is 97.3 cm³/mol. The van der Waals surface area contributed by atoms with Crippen LogP contribution in [0.2, 0.25) is 0 Å². The van der Waals surface area contributed by atoms with Crippen molar-refractivity contribution in [1.82, 2.24) is 14.6 Å². The molecule has 2 heterocycles. The summed E-state index contributed by atoms with van der Waals surface area (Å²) >= 11 is 1.25. The fourth-order valence-corrected chi connectivity index (χ4v) is 3.89. The summed E-state index contributed by atoms with van der Waals surface area (Å²) in [5.41, 5.74) is 2.70. The van der Waals surface area contributed by atoms with Crippen molar-refractivity contribution in [2.24, 2.45) is 0 Å². The molecule has 0 spiro atoms. The highest BCUT2D eigenvalue weighted by Gasteiger charge is 2.17. The molecular weight excluding hydrogens is 356 g/mol. The number of aryl methyl sites for hydroxylation is 1. The van der Waals surface area contributed by atoms with E-state index in [-0.39, 0.29) is 11.3 Å². The maximum atomic E-state index is 13.8. The van der Waals surface area contributed by atoms with Crippen molar-refractivity contribution in [3.8, 4) is 0 Å². The average Bonchev–Trinajstić information content (AvgIpc) is 3.05. The molecule has 2 aromatic carbocycles. The molecule has 26 heavy (non-hydrogen) atoms. The number of rotatable bonds is 4. The lowest BCUT2D eigenvalue weighted by molar-refractivity contribution is 0.198. The first-order valence-corrected chi connectivity index (χ1v) is 9.02. The predicted octanol–water partition coefficient (Wildman–Crippen LogP) is 4.29. The standard InChI is InChI=1S/C19H15F2N3OS/c1-11-8-18-22-23-19(24(18)16-5-3-2-4-13(11)16)26-10-17(25)14-9-12(20)6-7-15(14)21/h2-9,17,25H,10H2,1H3/t17-/m1/s1. The molecule has 0 radical (unpaired) electrons. The number of para-hydroxylation sites is 1. The Labute approximate surface area is 152 Å². The van der Waals surface area contributed by atoms with Gasteiger partial charge in [-0.15, -0.1) is 10.2 Å². The Balaban J connectivity index is 1.68. The minimum atomic E-state index is -1.15. The van der Waals surface area contributed by atoms with Gasteiger partial charge in [0.05, 0.1) is 11.6 Å². The van der Waals surface area contributed by atoms with Gasteiger partial charge in [-0.25, -0.2) is 8.78 Å². The van der Waals surface area contributed by atoms with Crippen molar-refractivity contribution in [2.45, 2.75) is 18.2 Å². The van der Waals surface area contributed by atoms with Crippen LogP contribution in [0.1, 0.15) is 17.2 Å². The second-order valence-corrected chi connectivity index (χ2v) is 7.00. The number of thioether (sulfide) groups is 1. The molecule has 132 valence electrons. The molecule has 2 aromatic heterocycles. The largest absolute Gasteiger partial charge is 0.387 e. The third kappa shape index (κ3) is 2.93. The Morgan fingerprint density at radius 3 is 2.77 bits per heavy atom. The molecule has 0 unspecified atom stereocenters. The summed E-state index contributed by atoms with van der Waals surface area (Å²) in [5.74, 6) is -1.09. The van der Waals surface area contributed by atoms with E-state index in [0.717, 1.165) is 34.7 Å². The van der Waals surface area contributed by atoms with E-state index in [1.807, 2.05) is 41.7 Å². The molecular formula is C19H15F2N3OS. The molecule has 0 saturated carbocycles. The summed E-state index contributed by atoms with van der Waals surface area (Å²) in [6.45, 7) is 2.01. The minimum absolute atomic E-state index is 0.0629. The zero-order valence-corrected chi connectivity index (χ0v) is 14.7. The van der Waals surface area contributed by atoms with Crippen LogP contribution >= 0.6 is 11.8 Å². The monoisotopic (exact) mass is 371 g/mol. The molecule has 1 N–H and O–H groups in total. The van der Waals surface area contributed by atoms with Gasteiger partial charge in [-0.2, -0.15) is 0 Å². The zero-order valence-electron chi connectivity index (χ0n) is 13.9. The van der Waals surface area contributed by atoms with E-state index in [4.69, 9.17) is 0 Å². The second kappa shape index (κ2) is 6.66. The highest BCUT2D eigenvalue weighted by Crippen LogP contribution is 2.29. The lowest BCUT2D eigenvalue weighted by atomic mass is 10.1. The summed E-state index contributed by atoms with van der Waals surface area (Å²) in [4.78, 5) is 0. The van der Waals surface area contributed by atoms with Gasteiger partial charge in [0.2, 0.25) is 0 Å². The quantitative estimate of drug-likeness (QED) is 0.544. The van der Waals surface area contributed by atoms with E-state index < -0.39 is 17.7 Å². The van der Waals surface area contributed by atoms with E-state index in [2.05, 4.69) is 10.2 Å². The van der Waals surface area contributed by atoms with Crippen molar-refractivity contribution in [1.29, 1.82) is 0 Å². The summed E-state index contributed by atoms with van der Waals surface area (Å²) in [6, 6.07) is 12.9. The molecule has 7 heteroatoms. The number of aliphatic hydroxyl groups is 1. The van der Waals surface area contributed by atoms with Gasteiger partial charge in [0.1, 0.15) is 11.6 Å². The van der Waals surface area contributed by atoms with Gasteiger partial charge in [-0.05, 0) is 42.8 Å². The Kier molecular flexibility index (Phi) is 4.34. The summed E-state index contributed by atoms with van der Waals surface area (Å²) in [6.07, 6.45) is -1.15. The second-order valence-electron chi connectivity index (χ2n) is 6.01. The van der Waals surface area contributed by atoms with E-state index in [1.165, 1.54) is 11.8 Å². The first-order valence-electron chi connectivity index (χ1n) is 8.04. The summed E-state index contributed by atoms with van der Waals surface area (Å²) in [5, 5.41) is 20.3. The number of fused-ring (bicyclic) bond motifs is 3. The Morgan fingerprint density at radius 1 is 1.12 bits per heavy atom. The van der Waals surface area contributed by atoms with Crippen LogP contribution in [0.4, 0.5) is 8.78 Å². The maximum Gasteiger partial charge on any atom is 0.196 e. The lowest BCUT2D eigenvalue weighted by Crippen LogP contribution is -2.05. The topological polar surface area (TPSA) is 50.4 Å². The van der Waals surface area contributed by atoms with Crippen LogP contribution < -0.4 is 0 Å². The lowest BCUT2D eigenvalue weighted by Gasteiger charge is -2.12. The third-order valence-electron chi connectivity index (χ3n) is 4.26. The minimum Gasteiger partial charge on any atom is -0.387 e. The molecule has 0 fully saturated rings. The molecule has 0 bridgehead atoms. The van der Waals surface area contributed by atoms with Gasteiger partial charge in [0, 0.05) is 16.7 Å². The van der Waals surface area contributed by atoms with Crippen molar-refractivity contribution >= 4 is 28.3 Å². The number of hydrogen-bond donors (Lipinski definition) is 1. The van der Waals surface area contributed by atoms with E-state index in [1.54, 1.807) is 0 Å². The van der Waals surface area contributed by atoms with Gasteiger partial charge >= 0.3 is 0 Å². The van der Waals surface area contributed by atoms with Crippen molar-refractivity contribution in [3.63, 3.8) is 0 Å². The van der Waals surface area contributed by atoms with Crippen LogP contribution in [0, 0.1) is 18.6 Å². The molecule has 4 rings (SSSR count). The van der Waals surface area contributed by atoms with E-state index in [9.17, 15) is 13.9 Å². The smallest absolute Gasteiger partial charge is 0.196 e. The highest BCUT2D eigenvalue weighted by molar-refractivity contribution is 7.99. The summed E-state index contributed by atoms with van der Waals surface area (Å²) in [7, 11) is 0. The van der Waals surface area contributed by atoms with Crippen LogP contribution in [0.15, 0.2) is 53.7 Å². The van der Waals surface area contributed by atoms with E-state index in [0.29, 0.717) is 10.8 Å². The maximum absolute atomic E-state index is 13.8. The Morgan fingerprint density at radius 2 is 1.92 bits per heavy atom. The first kappa shape index (κ1) is 16.9. The molecule has 4 nitrogen and oxygen atoms in total. The molecule has 0 aliphatic rings. The van der Waals surface area contributed by atoms with Crippen LogP contribution in [0.3, 0.4) is 0 Å². The van der Waals surface area contributed by atoms with Crippen molar-refractivity contribution in [2.75, 3.05) is 5.75 Å². The fraction of sp³-hybridized carbons (Fsp3) is 0.158. The number of aliphatic hydroxyl groups excluding tert-OH is 1. The number of hydrogen-bond acceptors (Lipinski definition) is 4. The molecule has 1 atom stereocenters. The molecule has 0 aliphatic carbocycles. The number of aromatic nitrogens is 3. The van der Waals surface area contributed by atoms with Gasteiger partial charge in [-0.1, -0.05) is 30.0 Å². The first-order chi connectivity index (χ1) is 12.5. The van der Waals surface area contributed by atoms with Gasteiger partial charge in [0.25, 0.3) is 0 Å². The van der Waals surface area contributed by atoms with Gasteiger partial charge in [-0.3, -0.25) is 4.40 Å². The average molecular weight is 371 g/mol. The van der Waals surface area contributed by atoms with Crippen LogP contribution in [0.5, 0.6) is 0 Å². The third-order valence-corrected chi connectivity index (χ3v) is 5.27. The van der Waals surface area contributed by atoms with E-state index >= 15 is 0 Å². The fourth-order valence-electron chi connectivity index (χ4n) is 2.98. The van der Waals surface area contributed by atoms with Gasteiger partial charge in [0.15, 0.2) is 10.8 Å². The number of benzene rings is 2. The summed E-state index contributed by atoms with van der Waals surface area (Å²) < 4.78 is 29.1. The Hall–Kier alpha value is -2.51. The molecule has 0 saturated heterocycles. The SMILES string of the molecule is Cc1cc2nnc(SC[C@@H](O)c3cc(F)ccc3F)n2c2ccccc12. The van der Waals surface area contributed by atoms with Crippen LogP contribution in [0.25, 0.3) is 16.6 Å². The molecule has 0 aliphatic heterocycles. The van der Waals surface area contributed by atoms with Gasteiger partial charge < -0.3 is 5.11 Å². The molecule has 4 aromatic rings. The van der Waals surface area contributed by atoms with Crippen LogP contribution in [-0.4, -0.2) is 25.5 Å². The normalized spacial score (nSPS) is 12.8. The van der Waals surface area contributed by atoms with Crippen molar-refractivity contribution < 1.29 is 13.9 Å². The number of nitrogens with zero attached hydrogens (tertiary/aromatic N) is 3. The zero-order chi connectivity index (χ0) is 18.3. The number of halogens is 2. The highest BCUT2D eigenvalue weighted by atomic mass is 32.2. The van der Waals surface area contributed by atoms with Crippen molar-refractivity contribution in [3.05, 3.63) is 71.3 Å². The number of pyridine rings is 1. The molecule has 0 amide bonds. The Bertz CT molecular complexity index is 1110. The van der Waals surface area contributed by atoms with Crippen LogP contribution in [-0.2, 0) is 0 Å².